The molecule has 7 nitrogen and oxygen atoms in total. The van der Waals surface area contributed by atoms with Crippen LogP contribution in [0, 0.1) is 6.92 Å². The molecule has 166 valence electrons. The lowest BCUT2D eigenvalue weighted by molar-refractivity contribution is -0.120. The van der Waals surface area contributed by atoms with E-state index in [1.165, 1.54) is 12.1 Å². The van der Waals surface area contributed by atoms with Crippen molar-refractivity contribution in [2.24, 2.45) is 0 Å². The van der Waals surface area contributed by atoms with Gasteiger partial charge in [0.1, 0.15) is 19.3 Å². The van der Waals surface area contributed by atoms with E-state index in [0.717, 1.165) is 9.87 Å². The van der Waals surface area contributed by atoms with Crippen molar-refractivity contribution >= 4 is 21.6 Å². The Labute approximate surface area is 187 Å². The highest BCUT2D eigenvalue weighted by atomic mass is 32.2. The molecule has 1 aliphatic rings. The number of nitrogens with zero attached hydrogens (tertiary/aromatic N) is 1. The molecule has 0 unspecified atom stereocenters. The molecule has 0 aliphatic carbocycles. The summed E-state index contributed by atoms with van der Waals surface area (Å²) in [6.07, 6.45) is -0.369. The van der Waals surface area contributed by atoms with Gasteiger partial charge < -0.3 is 14.8 Å². The maximum atomic E-state index is 13.4. The van der Waals surface area contributed by atoms with Crippen LogP contribution in [0.1, 0.15) is 5.56 Å². The first kappa shape index (κ1) is 21.7. The number of amides is 1. The molecule has 0 bridgehead atoms. The third kappa shape index (κ3) is 4.70. The number of carbonyl (C=O) groups is 1. The van der Waals surface area contributed by atoms with Crippen molar-refractivity contribution in [2.75, 3.05) is 24.0 Å². The zero-order valence-electron chi connectivity index (χ0n) is 17.6. The molecule has 1 atom stereocenters. The van der Waals surface area contributed by atoms with Gasteiger partial charge in [-0.3, -0.25) is 9.10 Å². The maximum absolute atomic E-state index is 13.4. The van der Waals surface area contributed by atoms with Gasteiger partial charge in [-0.1, -0.05) is 48.5 Å². The Morgan fingerprint density at radius 3 is 2.38 bits per heavy atom. The summed E-state index contributed by atoms with van der Waals surface area (Å²) in [5, 5.41) is 2.78. The number of anilines is 1. The Morgan fingerprint density at radius 1 is 0.969 bits per heavy atom. The van der Waals surface area contributed by atoms with Gasteiger partial charge in [0.15, 0.2) is 11.5 Å². The first-order valence-corrected chi connectivity index (χ1v) is 11.7. The number of para-hydroxylation sites is 3. The highest BCUT2D eigenvalue weighted by Gasteiger charge is 2.28. The minimum Gasteiger partial charge on any atom is -0.486 e. The normalized spacial score (nSPS) is 15.1. The molecule has 0 radical (unpaired) electrons. The number of hydrogen-bond donors (Lipinski definition) is 1. The number of hydrogen-bond acceptors (Lipinski definition) is 5. The Kier molecular flexibility index (Phi) is 6.32. The minimum absolute atomic E-state index is 0.122. The van der Waals surface area contributed by atoms with Crippen molar-refractivity contribution in [3.05, 3.63) is 84.4 Å². The fourth-order valence-corrected chi connectivity index (χ4v) is 4.95. The molecule has 1 heterocycles. The van der Waals surface area contributed by atoms with Crippen LogP contribution >= 0.6 is 0 Å². The number of carbonyl (C=O) groups excluding carboxylic acids is 1. The van der Waals surface area contributed by atoms with Gasteiger partial charge in [0.05, 0.1) is 17.1 Å². The van der Waals surface area contributed by atoms with E-state index in [9.17, 15) is 13.2 Å². The van der Waals surface area contributed by atoms with Crippen LogP contribution < -0.4 is 19.1 Å². The lowest BCUT2D eigenvalue weighted by Gasteiger charge is -2.28. The van der Waals surface area contributed by atoms with Crippen molar-refractivity contribution < 1.29 is 22.7 Å². The highest BCUT2D eigenvalue weighted by molar-refractivity contribution is 7.92. The average molecular weight is 453 g/mol. The summed E-state index contributed by atoms with van der Waals surface area (Å²) < 4.78 is 39.4. The van der Waals surface area contributed by atoms with E-state index >= 15 is 0 Å². The number of ether oxygens (including phenoxy) is 2. The summed E-state index contributed by atoms with van der Waals surface area (Å²) in [7, 11) is -3.94. The largest absolute Gasteiger partial charge is 0.486 e. The smallest absolute Gasteiger partial charge is 0.264 e. The fraction of sp³-hybridized carbons (Fsp3) is 0.208. The van der Waals surface area contributed by atoms with E-state index in [4.69, 9.17) is 9.47 Å². The number of rotatable bonds is 7. The maximum Gasteiger partial charge on any atom is 0.264 e. The first-order valence-electron chi connectivity index (χ1n) is 10.2. The Morgan fingerprint density at radius 2 is 1.62 bits per heavy atom. The van der Waals surface area contributed by atoms with Crippen LogP contribution in [0.3, 0.4) is 0 Å². The van der Waals surface area contributed by atoms with Crippen molar-refractivity contribution in [1.82, 2.24) is 5.32 Å². The standard InChI is InChI=1S/C24H24N2O5S/c1-18-9-5-6-12-21(18)26(32(28,29)20-10-3-2-4-11-20)16-24(27)25-15-19-17-30-22-13-7-8-14-23(22)31-19/h2-14,19H,15-17H2,1H3,(H,25,27)/t19-/m0/s1. The minimum atomic E-state index is -3.94. The predicted molar refractivity (Wildman–Crippen MR) is 122 cm³/mol. The summed E-state index contributed by atoms with van der Waals surface area (Å²) in [5.74, 6) is 0.844. The summed E-state index contributed by atoms with van der Waals surface area (Å²) in [4.78, 5) is 12.9. The molecule has 32 heavy (non-hydrogen) atoms. The quantitative estimate of drug-likeness (QED) is 0.595. The molecule has 8 heteroatoms. The predicted octanol–water partition coefficient (Wildman–Crippen LogP) is 3.15. The second kappa shape index (κ2) is 9.32. The molecule has 0 aromatic heterocycles. The number of aryl methyl sites for hydroxylation is 1. The SMILES string of the molecule is Cc1ccccc1N(CC(=O)NC[C@H]1COc2ccccc2O1)S(=O)(=O)c1ccccc1. The molecule has 3 aromatic rings. The van der Waals surface area contributed by atoms with E-state index in [-0.39, 0.29) is 24.1 Å². The lowest BCUT2D eigenvalue weighted by atomic mass is 10.2. The van der Waals surface area contributed by atoms with E-state index in [0.29, 0.717) is 23.8 Å². The topological polar surface area (TPSA) is 84.9 Å². The monoisotopic (exact) mass is 452 g/mol. The van der Waals surface area contributed by atoms with Gasteiger partial charge in [0.2, 0.25) is 5.91 Å². The first-order chi connectivity index (χ1) is 15.4. The molecular formula is C24H24N2O5S. The Balaban J connectivity index is 1.49. The molecule has 0 saturated heterocycles. The van der Waals surface area contributed by atoms with Crippen molar-refractivity contribution in [1.29, 1.82) is 0 Å². The molecule has 1 N–H and O–H groups in total. The molecule has 1 aliphatic heterocycles. The third-order valence-electron chi connectivity index (χ3n) is 5.10. The highest BCUT2D eigenvalue weighted by Crippen LogP contribution is 2.31. The lowest BCUT2D eigenvalue weighted by Crippen LogP contribution is -2.45. The molecule has 4 rings (SSSR count). The van der Waals surface area contributed by atoms with E-state index in [1.807, 2.05) is 37.3 Å². The molecular weight excluding hydrogens is 428 g/mol. The van der Waals surface area contributed by atoms with Gasteiger partial charge in [-0.2, -0.15) is 0 Å². The van der Waals surface area contributed by atoms with E-state index in [1.54, 1.807) is 36.4 Å². The van der Waals surface area contributed by atoms with Crippen LogP contribution in [-0.4, -0.2) is 40.1 Å². The van der Waals surface area contributed by atoms with Crippen LogP contribution in [-0.2, 0) is 14.8 Å². The second-order valence-electron chi connectivity index (χ2n) is 7.41. The van der Waals surface area contributed by atoms with Crippen LogP contribution in [0.15, 0.2) is 83.8 Å². The van der Waals surface area contributed by atoms with Crippen LogP contribution in [0.5, 0.6) is 11.5 Å². The summed E-state index contributed by atoms with van der Waals surface area (Å²) >= 11 is 0. The summed E-state index contributed by atoms with van der Waals surface area (Å²) in [5.41, 5.74) is 1.21. The van der Waals surface area contributed by atoms with Gasteiger partial charge >= 0.3 is 0 Å². The number of fused-ring (bicyclic) bond motifs is 1. The van der Waals surface area contributed by atoms with Crippen molar-refractivity contribution in [3.63, 3.8) is 0 Å². The zero-order valence-corrected chi connectivity index (χ0v) is 18.4. The number of nitrogens with one attached hydrogen (secondary N) is 1. The summed E-state index contributed by atoms with van der Waals surface area (Å²) in [6, 6.07) is 22.5. The molecule has 0 saturated carbocycles. The Hall–Kier alpha value is -3.52. The van der Waals surface area contributed by atoms with E-state index in [2.05, 4.69) is 5.32 Å². The zero-order chi connectivity index (χ0) is 22.6. The van der Waals surface area contributed by atoms with Crippen LogP contribution in [0.2, 0.25) is 0 Å². The second-order valence-corrected chi connectivity index (χ2v) is 9.28. The van der Waals surface area contributed by atoms with Crippen molar-refractivity contribution in [2.45, 2.75) is 17.9 Å². The van der Waals surface area contributed by atoms with E-state index < -0.39 is 15.9 Å². The molecule has 0 spiro atoms. The van der Waals surface area contributed by atoms with Gasteiger partial charge in [-0.05, 0) is 42.8 Å². The molecule has 1 amide bonds. The van der Waals surface area contributed by atoms with Gasteiger partial charge in [0, 0.05) is 0 Å². The summed E-state index contributed by atoms with van der Waals surface area (Å²) in [6.45, 7) is 1.94. The van der Waals surface area contributed by atoms with Gasteiger partial charge in [0.25, 0.3) is 10.0 Å². The molecule has 3 aromatic carbocycles. The van der Waals surface area contributed by atoms with Crippen molar-refractivity contribution in [3.8, 4) is 11.5 Å². The number of benzene rings is 3. The van der Waals surface area contributed by atoms with Crippen LogP contribution in [0.4, 0.5) is 5.69 Å². The number of sulfonamides is 1. The van der Waals surface area contributed by atoms with Crippen LogP contribution in [0.25, 0.3) is 0 Å². The molecule has 0 fully saturated rings. The van der Waals surface area contributed by atoms with Gasteiger partial charge in [-0.15, -0.1) is 0 Å². The van der Waals surface area contributed by atoms with Gasteiger partial charge in [-0.25, -0.2) is 8.42 Å². The average Bonchev–Trinajstić information content (AvgIpc) is 2.82. The third-order valence-corrected chi connectivity index (χ3v) is 6.87. The Bertz CT molecular complexity index is 1200. The fourth-order valence-electron chi connectivity index (χ4n) is 3.44.